The van der Waals surface area contributed by atoms with Gasteiger partial charge in [0.1, 0.15) is 0 Å². The molecule has 26 heavy (non-hydrogen) atoms. The maximum atomic E-state index is 4.75. The van der Waals surface area contributed by atoms with E-state index in [-0.39, 0.29) is 24.0 Å². The van der Waals surface area contributed by atoms with Crippen LogP contribution in [0.15, 0.2) is 34.6 Å². The molecule has 0 bridgehead atoms. The normalized spacial score (nSPS) is 11.3. The number of hydrogen-bond acceptors (Lipinski definition) is 4. The highest BCUT2D eigenvalue weighted by Crippen LogP contribution is 2.12. The van der Waals surface area contributed by atoms with E-state index < -0.39 is 0 Å². The van der Waals surface area contributed by atoms with Crippen LogP contribution in [0.25, 0.3) is 0 Å². The molecule has 0 radical (unpaired) electrons. The van der Waals surface area contributed by atoms with Crippen LogP contribution >= 0.6 is 35.3 Å². The van der Waals surface area contributed by atoms with Crippen LogP contribution in [-0.2, 0) is 19.5 Å². The van der Waals surface area contributed by atoms with E-state index in [9.17, 15) is 0 Å². The lowest BCUT2D eigenvalue weighted by Gasteiger charge is -2.14. The predicted molar refractivity (Wildman–Crippen MR) is 123 cm³/mol. The van der Waals surface area contributed by atoms with E-state index >= 15 is 0 Å². The molecule has 0 aliphatic heterocycles. The smallest absolute Gasteiger partial charge is 0.191 e. The Morgan fingerprint density at radius 1 is 1.19 bits per heavy atom. The van der Waals surface area contributed by atoms with Crippen LogP contribution in [0.3, 0.4) is 0 Å². The molecule has 2 rings (SSSR count). The van der Waals surface area contributed by atoms with Crippen LogP contribution in [0.1, 0.15) is 28.8 Å². The van der Waals surface area contributed by atoms with Gasteiger partial charge in [-0.05, 0) is 39.1 Å². The first-order chi connectivity index (χ1) is 12.1. The van der Waals surface area contributed by atoms with Gasteiger partial charge >= 0.3 is 0 Å². The van der Waals surface area contributed by atoms with Gasteiger partial charge in [-0.25, -0.2) is 9.98 Å². The number of halogens is 1. The highest BCUT2D eigenvalue weighted by atomic mass is 127. The molecule has 1 aromatic heterocycles. The molecule has 0 saturated heterocycles. The standard InChI is InChI=1S/C19H29N5S.HI/c1-5-20-19(21-11-10-18-14-25-15(2)23-18)22-12-16-8-6-7-9-17(16)13-24(3)4;/h6-9,14H,5,10-13H2,1-4H3,(H2,20,21,22);1H. The molecule has 0 spiro atoms. The van der Waals surface area contributed by atoms with E-state index in [2.05, 4.69) is 71.2 Å². The number of hydrogen-bond donors (Lipinski definition) is 2. The Balaban J connectivity index is 0.00000338. The Hall–Kier alpha value is -1.19. The number of guanidine groups is 1. The lowest BCUT2D eigenvalue weighted by atomic mass is 10.1. The van der Waals surface area contributed by atoms with Gasteiger partial charge in [0.25, 0.3) is 0 Å². The molecule has 1 heterocycles. The van der Waals surface area contributed by atoms with E-state index in [0.717, 1.165) is 42.7 Å². The predicted octanol–water partition coefficient (Wildman–Crippen LogP) is 3.43. The molecule has 0 atom stereocenters. The van der Waals surface area contributed by atoms with Crippen LogP contribution in [0.5, 0.6) is 0 Å². The van der Waals surface area contributed by atoms with Crippen molar-refractivity contribution in [2.24, 2.45) is 4.99 Å². The summed E-state index contributed by atoms with van der Waals surface area (Å²) >= 11 is 1.70. The molecule has 0 saturated carbocycles. The topological polar surface area (TPSA) is 52.6 Å². The second-order valence-electron chi connectivity index (χ2n) is 6.24. The average Bonchev–Trinajstić information content (AvgIpc) is 2.98. The van der Waals surface area contributed by atoms with E-state index in [0.29, 0.717) is 6.54 Å². The lowest BCUT2D eigenvalue weighted by molar-refractivity contribution is 0.401. The fourth-order valence-corrected chi connectivity index (χ4v) is 3.19. The molecule has 2 aromatic rings. The van der Waals surface area contributed by atoms with Gasteiger partial charge in [-0.3, -0.25) is 0 Å². The van der Waals surface area contributed by atoms with Gasteiger partial charge in [-0.2, -0.15) is 0 Å². The Bertz CT molecular complexity index is 684. The number of nitrogens with zero attached hydrogens (tertiary/aromatic N) is 3. The summed E-state index contributed by atoms with van der Waals surface area (Å²) in [5.74, 6) is 0.856. The number of thiazole rings is 1. The van der Waals surface area contributed by atoms with E-state index in [4.69, 9.17) is 4.99 Å². The lowest BCUT2D eigenvalue weighted by Crippen LogP contribution is -2.38. The number of aromatic nitrogens is 1. The van der Waals surface area contributed by atoms with Gasteiger partial charge in [0.2, 0.25) is 0 Å². The summed E-state index contributed by atoms with van der Waals surface area (Å²) in [6.45, 7) is 7.41. The first-order valence-electron chi connectivity index (χ1n) is 8.73. The molecule has 7 heteroatoms. The van der Waals surface area contributed by atoms with Crippen LogP contribution in [0.2, 0.25) is 0 Å². The van der Waals surface area contributed by atoms with Crippen LogP contribution < -0.4 is 10.6 Å². The van der Waals surface area contributed by atoms with Crippen molar-refractivity contribution in [3.63, 3.8) is 0 Å². The maximum Gasteiger partial charge on any atom is 0.191 e. The SMILES string of the molecule is CCNC(=NCc1ccccc1CN(C)C)NCCc1csc(C)n1.I. The molecule has 2 N–H and O–H groups in total. The molecule has 0 aliphatic rings. The quantitative estimate of drug-likeness (QED) is 0.341. The molecule has 1 aromatic carbocycles. The van der Waals surface area contributed by atoms with Crippen molar-refractivity contribution >= 4 is 41.3 Å². The third kappa shape index (κ3) is 8.01. The summed E-state index contributed by atoms with van der Waals surface area (Å²) in [6.07, 6.45) is 0.909. The zero-order chi connectivity index (χ0) is 18.1. The van der Waals surface area contributed by atoms with Gasteiger partial charge in [-0.1, -0.05) is 24.3 Å². The summed E-state index contributed by atoms with van der Waals surface area (Å²) in [5, 5.41) is 9.96. The molecular weight excluding hydrogens is 457 g/mol. The largest absolute Gasteiger partial charge is 0.357 e. The summed E-state index contributed by atoms with van der Waals surface area (Å²) in [5.41, 5.74) is 3.73. The summed E-state index contributed by atoms with van der Waals surface area (Å²) in [6, 6.07) is 8.50. The molecule has 0 aliphatic carbocycles. The van der Waals surface area contributed by atoms with Crippen molar-refractivity contribution in [1.82, 2.24) is 20.5 Å². The van der Waals surface area contributed by atoms with Crippen molar-refractivity contribution in [3.05, 3.63) is 51.5 Å². The molecule has 0 amide bonds. The Labute approximate surface area is 178 Å². The van der Waals surface area contributed by atoms with E-state index in [1.165, 1.54) is 11.1 Å². The number of aryl methyl sites for hydroxylation is 1. The molecular formula is C19H30IN5S. The summed E-state index contributed by atoms with van der Waals surface area (Å²) in [7, 11) is 4.18. The second-order valence-corrected chi connectivity index (χ2v) is 7.30. The average molecular weight is 487 g/mol. The summed E-state index contributed by atoms with van der Waals surface area (Å²) < 4.78 is 0. The highest BCUT2D eigenvalue weighted by molar-refractivity contribution is 14.0. The third-order valence-electron chi connectivity index (χ3n) is 3.70. The van der Waals surface area contributed by atoms with E-state index in [1.807, 2.05) is 6.92 Å². The second kappa shape index (κ2) is 12.2. The van der Waals surface area contributed by atoms with Crippen molar-refractivity contribution in [3.8, 4) is 0 Å². The third-order valence-corrected chi connectivity index (χ3v) is 4.52. The minimum Gasteiger partial charge on any atom is -0.357 e. The Morgan fingerprint density at radius 3 is 2.54 bits per heavy atom. The Morgan fingerprint density at radius 2 is 1.92 bits per heavy atom. The van der Waals surface area contributed by atoms with Crippen molar-refractivity contribution < 1.29 is 0 Å². The molecule has 0 unspecified atom stereocenters. The zero-order valence-electron chi connectivity index (χ0n) is 16.1. The molecule has 0 fully saturated rings. The number of aliphatic imine (C=N–C) groups is 1. The first-order valence-corrected chi connectivity index (χ1v) is 9.61. The van der Waals surface area contributed by atoms with Crippen molar-refractivity contribution in [1.29, 1.82) is 0 Å². The van der Waals surface area contributed by atoms with Gasteiger partial charge in [0.05, 0.1) is 17.2 Å². The Kier molecular flexibility index (Phi) is 10.8. The minimum absolute atomic E-state index is 0. The summed E-state index contributed by atoms with van der Waals surface area (Å²) in [4.78, 5) is 11.4. The molecule has 5 nitrogen and oxygen atoms in total. The maximum absolute atomic E-state index is 4.75. The zero-order valence-corrected chi connectivity index (χ0v) is 19.2. The monoisotopic (exact) mass is 487 g/mol. The molecule has 144 valence electrons. The number of rotatable bonds is 8. The van der Waals surface area contributed by atoms with Crippen molar-refractivity contribution in [2.45, 2.75) is 33.4 Å². The highest BCUT2D eigenvalue weighted by Gasteiger charge is 2.04. The number of benzene rings is 1. The fraction of sp³-hybridized carbons (Fsp3) is 0.474. The van der Waals surface area contributed by atoms with Crippen LogP contribution in [0, 0.1) is 6.92 Å². The van der Waals surface area contributed by atoms with Crippen LogP contribution in [-0.4, -0.2) is 43.0 Å². The van der Waals surface area contributed by atoms with Gasteiger partial charge in [0, 0.05) is 31.4 Å². The number of nitrogens with one attached hydrogen (secondary N) is 2. The van der Waals surface area contributed by atoms with Crippen molar-refractivity contribution in [2.75, 3.05) is 27.2 Å². The van der Waals surface area contributed by atoms with E-state index in [1.54, 1.807) is 11.3 Å². The minimum atomic E-state index is 0. The first kappa shape index (κ1) is 22.9. The van der Waals surface area contributed by atoms with Gasteiger partial charge in [-0.15, -0.1) is 35.3 Å². The van der Waals surface area contributed by atoms with Gasteiger partial charge < -0.3 is 15.5 Å². The van der Waals surface area contributed by atoms with Gasteiger partial charge in [0.15, 0.2) is 5.96 Å². The van der Waals surface area contributed by atoms with Crippen LogP contribution in [0.4, 0.5) is 0 Å². The fourth-order valence-electron chi connectivity index (χ4n) is 2.54.